The van der Waals surface area contributed by atoms with Crippen LogP contribution >= 0.6 is 0 Å². The van der Waals surface area contributed by atoms with Gasteiger partial charge in [0.25, 0.3) is 0 Å². The van der Waals surface area contributed by atoms with Gasteiger partial charge in [-0.05, 0) is 44.9 Å². The normalized spacial score (nSPS) is 20.1. The van der Waals surface area contributed by atoms with Crippen LogP contribution in [0.5, 0.6) is 0 Å². The van der Waals surface area contributed by atoms with Crippen LogP contribution in [0, 0.1) is 0 Å². The van der Waals surface area contributed by atoms with Crippen LogP contribution < -0.4 is 5.32 Å². The van der Waals surface area contributed by atoms with Gasteiger partial charge in [0.1, 0.15) is 6.04 Å². The maximum Gasteiger partial charge on any atom is 0.328 e. The molecule has 3 N–H and O–H groups in total. The van der Waals surface area contributed by atoms with Gasteiger partial charge < -0.3 is 15.5 Å². The predicted octanol–water partition coefficient (Wildman–Crippen LogP) is 4.69. The minimum atomic E-state index is -1.41. The number of amides is 1. The predicted molar refractivity (Wildman–Crippen MR) is 115 cm³/mol. The largest absolute Gasteiger partial charge is 0.480 e. The molecule has 1 amide bonds. The third kappa shape index (κ3) is 17.3. The number of aliphatic hydroxyl groups excluding tert-OH is 1. The summed E-state index contributed by atoms with van der Waals surface area (Å²) in [5.74, 6) is -1.99. The number of carbonyl (C=O) groups is 2. The summed E-state index contributed by atoms with van der Waals surface area (Å²) in [5.41, 5.74) is 0. The van der Waals surface area contributed by atoms with Gasteiger partial charge in [-0.1, -0.05) is 68.2 Å². The number of allylic oxidation sites excluding steroid dienone is 8. The van der Waals surface area contributed by atoms with E-state index >= 15 is 0 Å². The van der Waals surface area contributed by atoms with Gasteiger partial charge in [-0.15, -0.1) is 0 Å². The van der Waals surface area contributed by atoms with Crippen molar-refractivity contribution in [1.29, 1.82) is 0 Å². The van der Waals surface area contributed by atoms with Crippen molar-refractivity contribution in [3.8, 4) is 0 Å². The fraction of sp³-hybridized carbons (Fsp3) is 0.565. The molecule has 0 spiro atoms. The number of hydrogen-bond acceptors (Lipinski definition) is 3. The summed E-state index contributed by atoms with van der Waals surface area (Å²) in [6.45, 7) is 1.28. The van der Waals surface area contributed by atoms with Crippen molar-refractivity contribution in [3.05, 3.63) is 48.4 Å². The summed E-state index contributed by atoms with van der Waals surface area (Å²) in [4.78, 5) is 22.5. The van der Waals surface area contributed by atoms with E-state index in [0.717, 1.165) is 19.3 Å². The van der Waals surface area contributed by atoms with E-state index in [4.69, 9.17) is 21.2 Å². The lowest BCUT2D eigenvalue weighted by Crippen LogP contribution is -2.43. The van der Waals surface area contributed by atoms with Crippen LogP contribution in [0.3, 0.4) is 0 Å². The molecule has 0 aliphatic heterocycles. The maximum atomic E-state index is 11.7. The second-order valence-electron chi connectivity index (χ2n) is 5.90. The second kappa shape index (κ2) is 19.6. The quantitative estimate of drug-likeness (QED) is 0.244. The van der Waals surface area contributed by atoms with Crippen LogP contribution in [0.1, 0.15) is 82.1 Å². The highest BCUT2D eigenvalue weighted by molar-refractivity contribution is 5.83. The number of rotatable bonds is 17. The molecule has 0 aliphatic rings. The van der Waals surface area contributed by atoms with Crippen LogP contribution in [0.4, 0.5) is 0 Å². The Balaban J connectivity index is 4.95. The Morgan fingerprint density at radius 1 is 0.893 bits per heavy atom. The van der Waals surface area contributed by atoms with Gasteiger partial charge in [-0.25, -0.2) is 4.79 Å². The number of carboxylic acid groups (broad SMARTS) is 1. The van der Waals surface area contributed by atoms with E-state index in [-0.39, 0.29) is 86.9 Å². The van der Waals surface area contributed by atoms with Crippen LogP contribution in [0.2, 0.25) is 0 Å². The second-order valence-corrected chi connectivity index (χ2v) is 5.90. The molecule has 0 aliphatic carbocycles. The first-order valence-corrected chi connectivity index (χ1v) is 9.57. The molecule has 0 fully saturated rings. The summed E-state index contributed by atoms with van der Waals surface area (Å²) < 4.78 is 63.7. The molecule has 0 aromatic heterocycles. The van der Waals surface area contributed by atoms with Crippen molar-refractivity contribution in [1.82, 2.24) is 5.32 Å². The summed E-state index contributed by atoms with van der Waals surface area (Å²) in [5, 5.41) is 19.8. The zero-order valence-electron chi connectivity index (χ0n) is 24.6. The minimum Gasteiger partial charge on any atom is -0.480 e. The van der Waals surface area contributed by atoms with Crippen molar-refractivity contribution in [3.63, 3.8) is 0 Å². The van der Waals surface area contributed by atoms with E-state index in [0.29, 0.717) is 6.42 Å². The Morgan fingerprint density at radius 3 is 1.86 bits per heavy atom. The monoisotopic (exact) mass is 399 g/mol. The molecule has 5 nitrogen and oxygen atoms in total. The molecule has 0 aromatic carbocycles. The van der Waals surface area contributed by atoms with E-state index in [9.17, 15) is 9.59 Å². The number of unbranched alkanes of at least 4 members (excludes halogenated alkanes) is 2. The summed E-state index contributed by atoms with van der Waals surface area (Å²) >= 11 is 0. The van der Waals surface area contributed by atoms with E-state index in [1.165, 1.54) is 0 Å². The molecule has 0 radical (unpaired) electrons. The number of carboxylic acids is 1. The molecule has 28 heavy (non-hydrogen) atoms. The van der Waals surface area contributed by atoms with Gasteiger partial charge in [0.15, 0.2) is 0 Å². The highest BCUT2D eigenvalue weighted by Crippen LogP contribution is 2.01. The lowest BCUT2D eigenvalue weighted by Gasteiger charge is -2.10. The van der Waals surface area contributed by atoms with Gasteiger partial charge in [0.05, 0.1) is 17.6 Å². The van der Waals surface area contributed by atoms with Crippen molar-refractivity contribution >= 4 is 11.9 Å². The Kier molecular flexibility index (Phi) is 10.4. The molecule has 0 aromatic rings. The van der Waals surface area contributed by atoms with E-state index in [1.807, 2.05) is 6.92 Å². The fourth-order valence-electron chi connectivity index (χ4n) is 1.94. The van der Waals surface area contributed by atoms with Gasteiger partial charge in [-0.2, -0.15) is 0 Å². The molecule has 0 rings (SSSR count). The average molecular weight is 400 g/mol. The fourth-order valence-corrected chi connectivity index (χ4v) is 1.94. The first-order valence-electron chi connectivity index (χ1n) is 13.6. The van der Waals surface area contributed by atoms with E-state index < -0.39 is 24.5 Å². The third-order valence-corrected chi connectivity index (χ3v) is 3.46. The Bertz CT molecular complexity index is 883. The number of aliphatic carboxylic acids is 1. The average Bonchev–Trinajstić information content (AvgIpc) is 2.81. The molecular weight excluding hydrogens is 354 g/mol. The topological polar surface area (TPSA) is 86.6 Å². The molecule has 5 heteroatoms. The maximum absolute atomic E-state index is 11.7. The van der Waals surface area contributed by atoms with Gasteiger partial charge >= 0.3 is 5.97 Å². The van der Waals surface area contributed by atoms with Crippen LogP contribution in [0.15, 0.2) is 48.4 Å². The van der Waals surface area contributed by atoms with E-state index in [2.05, 4.69) is 5.32 Å². The Hall–Kier alpha value is -2.14. The van der Waals surface area contributed by atoms with Crippen LogP contribution in [0.25, 0.3) is 0 Å². The van der Waals surface area contributed by atoms with Crippen molar-refractivity contribution < 1.29 is 30.8 Å². The standard InChI is InChI=1S/C23H37NO4/c1-2-3-4-5-6-7-8-9-10-11-12-13-14-15-16-17-18-19-22(26)24-21(20-25)23(27)28/h6-7,9-10,12-13,15-16,21,25H,2-5,8,11,14,17-20H2,1H3,(H,24,26)(H,27,28)/b7-6+,10-9+,13-12+,16-15+/t21-/m0/s1/i6D,7D,9D,10D,12D,13D,15D,16D. The van der Waals surface area contributed by atoms with Gasteiger partial charge in [0, 0.05) is 6.42 Å². The molecule has 1 atom stereocenters. The number of hydrogen-bond donors (Lipinski definition) is 3. The Morgan fingerprint density at radius 2 is 1.39 bits per heavy atom. The third-order valence-electron chi connectivity index (χ3n) is 3.46. The van der Waals surface area contributed by atoms with Crippen molar-refractivity contribution in [2.45, 2.75) is 77.2 Å². The summed E-state index contributed by atoms with van der Waals surface area (Å²) in [6.07, 6.45) is 2.38. The molecule has 0 bridgehead atoms. The first kappa shape index (κ1) is 14.8. The molecule has 158 valence electrons. The highest BCUT2D eigenvalue weighted by Gasteiger charge is 2.17. The first-order chi connectivity index (χ1) is 16.8. The smallest absolute Gasteiger partial charge is 0.328 e. The Labute approximate surface area is 181 Å². The number of aliphatic hydroxyl groups is 1. The zero-order chi connectivity index (χ0) is 27.8. The number of nitrogens with one attached hydrogen (secondary N) is 1. The number of carbonyl (C=O) groups excluding carboxylic acids is 1. The van der Waals surface area contributed by atoms with Gasteiger partial charge in [-0.3, -0.25) is 4.79 Å². The van der Waals surface area contributed by atoms with Crippen LogP contribution in [-0.2, 0) is 9.59 Å². The SMILES string of the molecule is [2H]/C(CCCCC)=C(/[2H])C/C([2H])=C(\[2H])C/C([2H])=C(\[2H])C/C([2H])=C(\[2H])CCCC(=O)N[C@@H](CO)C(=O)O. The molecule has 0 saturated carbocycles. The van der Waals surface area contributed by atoms with Crippen LogP contribution in [-0.4, -0.2) is 34.7 Å². The van der Waals surface area contributed by atoms with E-state index in [1.54, 1.807) is 0 Å². The highest BCUT2D eigenvalue weighted by atomic mass is 16.4. The lowest BCUT2D eigenvalue weighted by atomic mass is 10.2. The zero-order valence-corrected chi connectivity index (χ0v) is 16.6. The summed E-state index contributed by atoms with van der Waals surface area (Å²) in [6, 6.07) is -2.71. The molecular formula is C23H37NO4. The molecule has 0 unspecified atom stereocenters. The molecule has 0 heterocycles. The summed E-state index contributed by atoms with van der Waals surface area (Å²) in [7, 11) is 0. The minimum absolute atomic E-state index is 0.0243. The van der Waals surface area contributed by atoms with Gasteiger partial charge in [0.2, 0.25) is 5.91 Å². The van der Waals surface area contributed by atoms with Crippen molar-refractivity contribution in [2.75, 3.05) is 6.61 Å². The van der Waals surface area contributed by atoms with Crippen molar-refractivity contribution in [2.24, 2.45) is 0 Å². The lowest BCUT2D eigenvalue weighted by molar-refractivity contribution is -0.142. The molecule has 0 saturated heterocycles.